The molecular weight excluding hydrogens is 649 g/mol. The molecule has 6 aromatic carbocycles. The van der Waals surface area contributed by atoms with Crippen LogP contribution < -0.4 is 0 Å². The highest BCUT2D eigenvalue weighted by Crippen LogP contribution is 2.60. The summed E-state index contributed by atoms with van der Waals surface area (Å²) in [6.45, 7) is 0. The Morgan fingerprint density at radius 2 is 1.11 bits per heavy atom. The van der Waals surface area contributed by atoms with E-state index in [0.717, 1.165) is 67.3 Å². The quantitative estimate of drug-likeness (QED) is 0.180. The minimum atomic E-state index is 0.352. The smallest absolute Gasteiger partial charge is 0.164 e. The van der Waals surface area contributed by atoms with Crippen LogP contribution in [0.1, 0.15) is 49.7 Å². The number of benzene rings is 6. The summed E-state index contributed by atoms with van der Waals surface area (Å²) in [5.74, 6) is 4.74. The number of hydrogen-bond donors (Lipinski definition) is 0. The van der Waals surface area contributed by atoms with Crippen LogP contribution in [0.4, 0.5) is 0 Å². The van der Waals surface area contributed by atoms with Gasteiger partial charge in [0.15, 0.2) is 23.1 Å². The van der Waals surface area contributed by atoms with Crippen molar-refractivity contribution < 1.29 is 4.42 Å². The second-order valence-electron chi connectivity index (χ2n) is 15.8. The standard InChI is InChI=1S/C48H36N4O/c49-28-39-6-3-7-41-42-24-37(16-19-43(42)53-44(39)41)33-8-11-34(12-9-33)45-50-46(52-47(51-45)38-13-10-32-4-1-2-5-36(32)23-38)35-14-17-40(18-15-35)48-25-29-20-30(26-48)22-31(21-29)27-48/h1-19,23-24,29-31H,20-22,25-27H2. The highest BCUT2D eigenvalue weighted by atomic mass is 16.3. The highest BCUT2D eigenvalue weighted by Gasteiger charge is 2.51. The van der Waals surface area contributed by atoms with E-state index < -0.39 is 0 Å². The number of furan rings is 1. The lowest BCUT2D eigenvalue weighted by molar-refractivity contribution is -0.00518. The Bertz CT molecular complexity index is 2740. The zero-order chi connectivity index (χ0) is 35.1. The zero-order valence-electron chi connectivity index (χ0n) is 29.3. The van der Waals surface area contributed by atoms with Gasteiger partial charge in [-0.3, -0.25) is 0 Å². The van der Waals surface area contributed by atoms with Crippen molar-refractivity contribution in [2.75, 3.05) is 0 Å². The molecule has 4 fully saturated rings. The molecule has 0 aliphatic heterocycles. The first-order chi connectivity index (χ1) is 26.1. The molecule has 0 saturated heterocycles. The maximum Gasteiger partial charge on any atom is 0.164 e. The summed E-state index contributed by atoms with van der Waals surface area (Å²) >= 11 is 0. The van der Waals surface area contributed by atoms with E-state index in [9.17, 15) is 5.26 Å². The minimum absolute atomic E-state index is 0.352. The monoisotopic (exact) mass is 684 g/mol. The van der Waals surface area contributed by atoms with Gasteiger partial charge in [0, 0.05) is 27.5 Å². The molecule has 0 spiro atoms. The van der Waals surface area contributed by atoms with E-state index in [0.29, 0.717) is 34.0 Å². The molecule has 12 rings (SSSR count). The van der Waals surface area contributed by atoms with Gasteiger partial charge in [0.25, 0.3) is 0 Å². The zero-order valence-corrected chi connectivity index (χ0v) is 29.3. The van der Waals surface area contributed by atoms with Crippen LogP contribution in [-0.2, 0) is 5.41 Å². The van der Waals surface area contributed by atoms with E-state index in [-0.39, 0.29) is 0 Å². The van der Waals surface area contributed by atoms with Crippen molar-refractivity contribution >= 4 is 32.7 Å². The number of rotatable bonds is 5. The summed E-state index contributed by atoms with van der Waals surface area (Å²) in [4.78, 5) is 15.3. The van der Waals surface area contributed by atoms with Crippen molar-refractivity contribution in [1.29, 1.82) is 5.26 Å². The molecule has 8 aromatic rings. The SMILES string of the molecule is N#Cc1cccc2c1oc1ccc(-c3ccc(-c4nc(-c5ccc(C67CC8CC(CC(C8)C6)C7)cc5)nc(-c5ccc6ccccc6c5)n4)cc3)cc12. The number of nitriles is 1. The molecule has 254 valence electrons. The molecule has 53 heavy (non-hydrogen) atoms. The van der Waals surface area contributed by atoms with Crippen LogP contribution in [0.3, 0.4) is 0 Å². The lowest BCUT2D eigenvalue weighted by Crippen LogP contribution is -2.48. The third-order valence-corrected chi connectivity index (χ3v) is 12.5. The van der Waals surface area contributed by atoms with Crippen LogP contribution in [-0.4, -0.2) is 15.0 Å². The fraction of sp³-hybridized carbons (Fsp3) is 0.208. The fourth-order valence-corrected chi connectivity index (χ4v) is 10.4. The Morgan fingerprint density at radius 3 is 1.79 bits per heavy atom. The minimum Gasteiger partial charge on any atom is -0.455 e. The third kappa shape index (κ3) is 5.08. The van der Waals surface area contributed by atoms with E-state index in [1.165, 1.54) is 49.5 Å². The van der Waals surface area contributed by atoms with Crippen LogP contribution in [0.15, 0.2) is 132 Å². The molecule has 0 amide bonds. The van der Waals surface area contributed by atoms with Gasteiger partial charge in [-0.15, -0.1) is 0 Å². The molecule has 4 saturated carbocycles. The van der Waals surface area contributed by atoms with Gasteiger partial charge in [0.05, 0.1) is 5.56 Å². The van der Waals surface area contributed by atoms with Crippen LogP contribution >= 0.6 is 0 Å². The van der Waals surface area contributed by atoms with E-state index in [1.807, 2.05) is 18.2 Å². The first-order valence-electron chi connectivity index (χ1n) is 18.9. The lowest BCUT2D eigenvalue weighted by atomic mass is 9.48. The molecule has 0 radical (unpaired) electrons. The van der Waals surface area contributed by atoms with Crippen molar-refractivity contribution in [1.82, 2.24) is 15.0 Å². The largest absolute Gasteiger partial charge is 0.455 e. The Balaban J connectivity index is 0.974. The maximum atomic E-state index is 9.59. The summed E-state index contributed by atoms with van der Waals surface area (Å²) in [6.07, 6.45) is 8.40. The van der Waals surface area contributed by atoms with E-state index in [4.69, 9.17) is 19.4 Å². The van der Waals surface area contributed by atoms with Crippen molar-refractivity contribution in [2.45, 2.75) is 43.9 Å². The predicted octanol–water partition coefficient (Wildman–Crippen LogP) is 11.9. The summed E-state index contributed by atoms with van der Waals surface area (Å²) in [7, 11) is 0. The number of aromatic nitrogens is 3. The van der Waals surface area contributed by atoms with Crippen LogP contribution in [0.5, 0.6) is 0 Å². The topological polar surface area (TPSA) is 75.6 Å². The van der Waals surface area contributed by atoms with Crippen molar-refractivity contribution in [2.24, 2.45) is 17.8 Å². The fourth-order valence-electron chi connectivity index (χ4n) is 10.4. The molecule has 0 atom stereocenters. The Labute approximate surface area is 308 Å². The molecule has 2 aromatic heterocycles. The molecule has 0 N–H and O–H groups in total. The second-order valence-corrected chi connectivity index (χ2v) is 15.8. The van der Waals surface area contributed by atoms with Gasteiger partial charge in [0.1, 0.15) is 11.7 Å². The molecule has 4 bridgehead atoms. The summed E-state index contributed by atoms with van der Waals surface area (Å²) < 4.78 is 6.08. The number of hydrogen-bond acceptors (Lipinski definition) is 5. The molecule has 5 heteroatoms. The van der Waals surface area contributed by atoms with Crippen LogP contribution in [0, 0.1) is 29.1 Å². The number of fused-ring (bicyclic) bond motifs is 4. The van der Waals surface area contributed by atoms with Gasteiger partial charge in [0.2, 0.25) is 0 Å². The average Bonchev–Trinajstić information content (AvgIpc) is 3.58. The van der Waals surface area contributed by atoms with Gasteiger partial charge < -0.3 is 4.42 Å². The molecular formula is C48H36N4O. The lowest BCUT2D eigenvalue weighted by Gasteiger charge is -2.57. The average molecular weight is 685 g/mol. The first kappa shape index (κ1) is 30.5. The Hall–Kier alpha value is -6.12. The summed E-state index contributed by atoms with van der Waals surface area (Å²) in [5, 5.41) is 13.9. The van der Waals surface area contributed by atoms with Crippen molar-refractivity contribution in [3.05, 3.63) is 139 Å². The van der Waals surface area contributed by atoms with E-state index in [2.05, 4.69) is 109 Å². The van der Waals surface area contributed by atoms with Gasteiger partial charge in [-0.05, 0) is 113 Å². The third-order valence-electron chi connectivity index (χ3n) is 12.5. The van der Waals surface area contributed by atoms with E-state index in [1.54, 1.807) is 6.07 Å². The highest BCUT2D eigenvalue weighted by molar-refractivity contribution is 6.07. The molecule has 2 heterocycles. The van der Waals surface area contributed by atoms with Crippen LogP contribution in [0.25, 0.3) is 78.0 Å². The number of para-hydroxylation sites is 1. The molecule has 4 aliphatic carbocycles. The van der Waals surface area contributed by atoms with E-state index >= 15 is 0 Å². The molecule has 5 nitrogen and oxygen atoms in total. The summed E-state index contributed by atoms with van der Waals surface area (Å²) in [5.41, 5.74) is 8.86. The van der Waals surface area contributed by atoms with Gasteiger partial charge in [-0.1, -0.05) is 103 Å². The first-order valence-corrected chi connectivity index (χ1v) is 18.9. The summed E-state index contributed by atoms with van der Waals surface area (Å²) in [6, 6.07) is 46.7. The number of nitrogens with zero attached hydrogens (tertiary/aromatic N) is 4. The van der Waals surface area contributed by atoms with Crippen LogP contribution in [0.2, 0.25) is 0 Å². The Kier molecular flexibility index (Phi) is 6.73. The normalized spacial score (nSPS) is 21.8. The van der Waals surface area contributed by atoms with Gasteiger partial charge in [-0.25, -0.2) is 15.0 Å². The Morgan fingerprint density at radius 1 is 0.528 bits per heavy atom. The molecule has 0 unspecified atom stereocenters. The van der Waals surface area contributed by atoms with Gasteiger partial charge >= 0.3 is 0 Å². The van der Waals surface area contributed by atoms with Gasteiger partial charge in [-0.2, -0.15) is 5.26 Å². The second kappa shape index (κ2) is 11.7. The van der Waals surface area contributed by atoms with Crippen molar-refractivity contribution in [3.8, 4) is 51.4 Å². The maximum absolute atomic E-state index is 9.59. The van der Waals surface area contributed by atoms with Crippen molar-refractivity contribution in [3.63, 3.8) is 0 Å². The predicted molar refractivity (Wildman–Crippen MR) is 211 cm³/mol. The molecule has 4 aliphatic rings.